The highest BCUT2D eigenvalue weighted by molar-refractivity contribution is 7.21. The van der Waals surface area contributed by atoms with Gasteiger partial charge < -0.3 is 14.8 Å². The average molecular weight is 418 g/mol. The maximum absolute atomic E-state index is 13.3. The van der Waals surface area contributed by atoms with Gasteiger partial charge in [0.2, 0.25) is 0 Å². The normalized spacial score (nSPS) is 17.1. The predicted molar refractivity (Wildman–Crippen MR) is 124 cm³/mol. The quantitative estimate of drug-likeness (QED) is 0.526. The van der Waals surface area contributed by atoms with Crippen molar-refractivity contribution in [3.05, 3.63) is 75.4 Å². The molecule has 30 heavy (non-hydrogen) atoms. The molecule has 2 aromatic heterocycles. The number of rotatable bonds is 2. The molecule has 5 nitrogen and oxygen atoms in total. The van der Waals surface area contributed by atoms with Crippen molar-refractivity contribution >= 4 is 43.9 Å². The molecule has 5 rings (SSSR count). The fourth-order valence-electron chi connectivity index (χ4n) is 4.26. The second-order valence-electron chi connectivity index (χ2n) is 7.98. The standard InChI is InChI=1S/C24H23N3O2S/c1-15-7-9-17(10-8-15)27-12-11-26(14-16(27)2)24(29)21-13-19-22(30-21)18-5-3-4-6-20(18)25-23(19)28/h3-10,13,16H,11-12,14H2,1-2H3,(H,25,28)/t16-/m1/s1. The van der Waals surface area contributed by atoms with Crippen molar-refractivity contribution in [2.24, 2.45) is 0 Å². The average Bonchev–Trinajstić information content (AvgIpc) is 3.20. The van der Waals surface area contributed by atoms with E-state index in [1.807, 2.05) is 29.2 Å². The van der Waals surface area contributed by atoms with Crippen LogP contribution >= 0.6 is 11.3 Å². The number of para-hydroxylation sites is 1. The van der Waals surface area contributed by atoms with E-state index in [1.54, 1.807) is 6.07 Å². The third-order valence-electron chi connectivity index (χ3n) is 5.89. The number of anilines is 1. The van der Waals surface area contributed by atoms with E-state index in [1.165, 1.54) is 22.6 Å². The molecule has 1 amide bonds. The molecule has 0 saturated carbocycles. The number of H-pyrrole nitrogens is 1. The summed E-state index contributed by atoms with van der Waals surface area (Å²) in [6.45, 7) is 6.37. The number of nitrogens with zero attached hydrogens (tertiary/aromatic N) is 2. The highest BCUT2D eigenvalue weighted by Gasteiger charge is 2.28. The van der Waals surface area contributed by atoms with Crippen molar-refractivity contribution < 1.29 is 4.79 Å². The second kappa shape index (κ2) is 7.29. The molecule has 0 aliphatic carbocycles. The van der Waals surface area contributed by atoms with Crippen LogP contribution in [0.15, 0.2) is 59.4 Å². The summed E-state index contributed by atoms with van der Waals surface area (Å²) in [6.07, 6.45) is 0. The Balaban J connectivity index is 1.42. The maximum atomic E-state index is 13.3. The molecule has 3 heterocycles. The molecule has 0 spiro atoms. The monoisotopic (exact) mass is 417 g/mol. The van der Waals surface area contributed by atoms with Crippen LogP contribution in [-0.4, -0.2) is 41.5 Å². The third-order valence-corrected chi connectivity index (χ3v) is 7.04. The molecular weight excluding hydrogens is 394 g/mol. The minimum atomic E-state index is -0.142. The summed E-state index contributed by atoms with van der Waals surface area (Å²) in [6, 6.07) is 18.3. The molecule has 4 aromatic rings. The highest BCUT2D eigenvalue weighted by Crippen LogP contribution is 2.31. The molecule has 1 aliphatic rings. The van der Waals surface area contributed by atoms with Crippen molar-refractivity contribution in [1.29, 1.82) is 0 Å². The third kappa shape index (κ3) is 3.17. The zero-order valence-electron chi connectivity index (χ0n) is 17.0. The van der Waals surface area contributed by atoms with Crippen molar-refractivity contribution in [2.45, 2.75) is 19.9 Å². The van der Waals surface area contributed by atoms with Gasteiger partial charge in [0.1, 0.15) is 0 Å². The highest BCUT2D eigenvalue weighted by atomic mass is 32.1. The van der Waals surface area contributed by atoms with Crippen LogP contribution in [0.2, 0.25) is 0 Å². The Bertz CT molecular complexity index is 1310. The van der Waals surface area contributed by atoms with Gasteiger partial charge in [0.05, 0.1) is 10.3 Å². The summed E-state index contributed by atoms with van der Waals surface area (Å²) in [5.74, 6) is 0.00934. The van der Waals surface area contributed by atoms with Gasteiger partial charge >= 0.3 is 0 Å². The summed E-state index contributed by atoms with van der Waals surface area (Å²) in [4.78, 5) is 33.6. The van der Waals surface area contributed by atoms with Gasteiger partial charge in [0, 0.05) is 47.0 Å². The summed E-state index contributed by atoms with van der Waals surface area (Å²) in [5, 5.41) is 1.57. The number of thiophene rings is 1. The lowest BCUT2D eigenvalue weighted by atomic mass is 10.1. The number of aryl methyl sites for hydroxylation is 1. The van der Waals surface area contributed by atoms with Crippen molar-refractivity contribution in [1.82, 2.24) is 9.88 Å². The van der Waals surface area contributed by atoms with Gasteiger partial charge in [-0.1, -0.05) is 35.9 Å². The Morgan fingerprint density at radius 1 is 1.07 bits per heavy atom. The summed E-state index contributed by atoms with van der Waals surface area (Å²) < 4.78 is 0.879. The molecule has 0 radical (unpaired) electrons. The van der Waals surface area contributed by atoms with Crippen LogP contribution in [0.5, 0.6) is 0 Å². The van der Waals surface area contributed by atoms with Crippen molar-refractivity contribution in [3.63, 3.8) is 0 Å². The molecule has 6 heteroatoms. The zero-order valence-corrected chi connectivity index (χ0v) is 17.8. The number of benzene rings is 2. The Morgan fingerprint density at radius 3 is 2.60 bits per heavy atom. The molecule has 1 aliphatic heterocycles. The van der Waals surface area contributed by atoms with Crippen molar-refractivity contribution in [3.8, 4) is 0 Å². The van der Waals surface area contributed by atoms with Crippen LogP contribution in [0.1, 0.15) is 22.2 Å². The molecule has 0 bridgehead atoms. The lowest BCUT2D eigenvalue weighted by molar-refractivity contribution is 0.0731. The van der Waals surface area contributed by atoms with Crippen LogP contribution in [0.3, 0.4) is 0 Å². The zero-order chi connectivity index (χ0) is 20.8. The van der Waals surface area contributed by atoms with Gasteiger partial charge in [-0.25, -0.2) is 0 Å². The van der Waals surface area contributed by atoms with Crippen LogP contribution in [-0.2, 0) is 0 Å². The van der Waals surface area contributed by atoms with Gasteiger partial charge in [-0.15, -0.1) is 11.3 Å². The summed E-state index contributed by atoms with van der Waals surface area (Å²) in [7, 11) is 0. The minimum Gasteiger partial charge on any atom is -0.365 e. The first kappa shape index (κ1) is 18.9. The van der Waals surface area contributed by atoms with E-state index in [-0.39, 0.29) is 17.5 Å². The van der Waals surface area contributed by atoms with E-state index in [0.717, 1.165) is 22.1 Å². The summed E-state index contributed by atoms with van der Waals surface area (Å²) in [5.41, 5.74) is 3.10. The topological polar surface area (TPSA) is 56.4 Å². The van der Waals surface area contributed by atoms with E-state index in [9.17, 15) is 9.59 Å². The Kier molecular flexibility index (Phi) is 4.59. The molecule has 2 aromatic carbocycles. The Hall–Kier alpha value is -3.12. The first-order valence-electron chi connectivity index (χ1n) is 10.2. The number of hydrogen-bond acceptors (Lipinski definition) is 4. The number of nitrogens with one attached hydrogen (secondary N) is 1. The first-order valence-corrected chi connectivity index (χ1v) is 11.0. The number of hydrogen-bond donors (Lipinski definition) is 1. The molecule has 1 atom stereocenters. The molecule has 1 fully saturated rings. The second-order valence-corrected chi connectivity index (χ2v) is 9.03. The fraction of sp³-hybridized carbons (Fsp3) is 0.250. The largest absolute Gasteiger partial charge is 0.365 e. The van der Waals surface area contributed by atoms with Crippen LogP contribution in [0.25, 0.3) is 21.0 Å². The number of fused-ring (bicyclic) bond motifs is 3. The number of aromatic amines is 1. The van der Waals surface area contributed by atoms with Gasteiger partial charge in [-0.3, -0.25) is 9.59 Å². The molecule has 1 saturated heterocycles. The minimum absolute atomic E-state index is 0.00934. The van der Waals surface area contributed by atoms with Crippen LogP contribution < -0.4 is 10.5 Å². The molecular formula is C24H23N3O2S. The van der Waals surface area contributed by atoms with E-state index < -0.39 is 0 Å². The number of carbonyl (C=O) groups excluding carboxylic acids is 1. The smallest absolute Gasteiger partial charge is 0.264 e. The van der Waals surface area contributed by atoms with Crippen LogP contribution in [0.4, 0.5) is 5.69 Å². The van der Waals surface area contributed by atoms with Gasteiger partial charge in [0.25, 0.3) is 11.5 Å². The number of pyridine rings is 1. The van der Waals surface area contributed by atoms with E-state index in [0.29, 0.717) is 23.4 Å². The van der Waals surface area contributed by atoms with E-state index in [2.05, 4.69) is 48.0 Å². The Labute approximate surface area is 178 Å². The van der Waals surface area contributed by atoms with Gasteiger partial charge in [-0.2, -0.15) is 0 Å². The molecule has 0 unspecified atom stereocenters. The lowest BCUT2D eigenvalue weighted by Gasteiger charge is -2.41. The van der Waals surface area contributed by atoms with Crippen molar-refractivity contribution in [2.75, 3.05) is 24.5 Å². The fourth-order valence-corrected chi connectivity index (χ4v) is 5.43. The van der Waals surface area contributed by atoms with Gasteiger partial charge in [0.15, 0.2) is 0 Å². The predicted octanol–water partition coefficient (Wildman–Crippen LogP) is 4.40. The SMILES string of the molecule is Cc1ccc(N2CCN(C(=O)c3cc4c(=O)[nH]c5ccccc5c4s3)C[C@H]2C)cc1. The Morgan fingerprint density at radius 2 is 1.83 bits per heavy atom. The summed E-state index contributed by atoms with van der Waals surface area (Å²) >= 11 is 1.42. The maximum Gasteiger partial charge on any atom is 0.264 e. The number of aromatic nitrogens is 1. The lowest BCUT2D eigenvalue weighted by Crippen LogP contribution is -2.53. The number of piperazine rings is 1. The molecule has 152 valence electrons. The molecule has 1 N–H and O–H groups in total. The first-order chi connectivity index (χ1) is 14.5. The number of amides is 1. The van der Waals surface area contributed by atoms with E-state index in [4.69, 9.17) is 0 Å². The van der Waals surface area contributed by atoms with E-state index >= 15 is 0 Å². The number of carbonyl (C=O) groups is 1. The van der Waals surface area contributed by atoms with Crippen LogP contribution in [0, 0.1) is 6.92 Å². The van der Waals surface area contributed by atoms with Gasteiger partial charge in [-0.05, 0) is 38.1 Å².